The molecule has 0 aliphatic rings. The van der Waals surface area contributed by atoms with Crippen LogP contribution in [0.4, 0.5) is 0 Å². The molecule has 4 N–H and O–H groups in total. The third kappa shape index (κ3) is 12.0. The summed E-state index contributed by atoms with van der Waals surface area (Å²) in [5.74, 6) is 0. The van der Waals surface area contributed by atoms with Crippen LogP contribution in [0.5, 0.6) is 0 Å². The van der Waals surface area contributed by atoms with Gasteiger partial charge in [0.1, 0.15) is 0 Å². The first-order chi connectivity index (χ1) is 3.42. The Morgan fingerprint density at radius 2 is 2.00 bits per heavy atom. The summed E-state index contributed by atoms with van der Waals surface area (Å²) in [6.45, 7) is 1.83. The van der Waals surface area contributed by atoms with E-state index in [0.717, 1.165) is 16.5 Å². The van der Waals surface area contributed by atoms with E-state index in [4.69, 9.17) is 9.79 Å². The van der Waals surface area contributed by atoms with Gasteiger partial charge in [-0.15, -0.1) is 0 Å². The van der Waals surface area contributed by atoms with Crippen molar-refractivity contribution in [1.29, 1.82) is 0 Å². The van der Waals surface area contributed by atoms with Gasteiger partial charge in [-0.05, 0) is 0 Å². The molecule has 57 valence electrons. The third-order valence-corrected chi connectivity index (χ3v) is 3.27. The molecule has 0 fully saturated rings. The second kappa shape index (κ2) is 4.47. The third-order valence-electron chi connectivity index (χ3n) is 0.550. The molecule has 0 aliphatic carbocycles. The minimum absolute atomic E-state index is 0. The van der Waals surface area contributed by atoms with Crippen molar-refractivity contribution in [2.75, 3.05) is 6.16 Å². The molecule has 0 saturated heterocycles. The van der Waals surface area contributed by atoms with Gasteiger partial charge in [0, 0.05) is 0 Å². The molecule has 0 saturated carbocycles. The van der Waals surface area contributed by atoms with Crippen molar-refractivity contribution < 1.29 is 19.8 Å². The van der Waals surface area contributed by atoms with Crippen LogP contribution >= 0.6 is 7.60 Å². The molecule has 0 amide bonds. The molecule has 6 heteroatoms. The second-order valence-corrected chi connectivity index (χ2v) is 6.57. The van der Waals surface area contributed by atoms with Gasteiger partial charge >= 0.3 is 56.3 Å². The van der Waals surface area contributed by atoms with Crippen molar-refractivity contribution in [2.24, 2.45) is 0 Å². The van der Waals surface area contributed by atoms with Gasteiger partial charge in [0.05, 0.1) is 0 Å². The van der Waals surface area contributed by atoms with Crippen LogP contribution in [0.2, 0.25) is 4.75 Å². The molecule has 0 aliphatic heterocycles. The van der Waals surface area contributed by atoms with Crippen molar-refractivity contribution >= 4 is 24.1 Å². The normalized spacial score (nSPS) is 14.2. The Hall–Kier alpha value is 0.653. The van der Waals surface area contributed by atoms with E-state index >= 15 is 0 Å². The smallest absolute Gasteiger partial charge is 0.412 e. The van der Waals surface area contributed by atoms with Crippen LogP contribution in [0.25, 0.3) is 0 Å². The minimum atomic E-state index is -3.69. The van der Waals surface area contributed by atoms with E-state index < -0.39 is 7.60 Å². The van der Waals surface area contributed by atoms with Gasteiger partial charge in [-0.3, -0.25) is 0 Å². The Kier molecular flexibility index (Phi) is 6.12. The summed E-state index contributed by atoms with van der Waals surface area (Å²) in [6.07, 6.45) is 0.0486. The zero-order valence-corrected chi connectivity index (χ0v) is 9.10. The van der Waals surface area contributed by atoms with Gasteiger partial charge in [0.15, 0.2) is 0 Å². The molecule has 0 aromatic heterocycles. The Balaban J connectivity index is 0. The zero-order valence-electron chi connectivity index (χ0n) is 5.24. The van der Waals surface area contributed by atoms with Crippen LogP contribution in [-0.2, 0) is 4.57 Å². The maximum atomic E-state index is 10.2. The predicted molar refractivity (Wildman–Crippen MR) is 38.5 cm³/mol. The quantitative estimate of drug-likeness (QED) is 0.447. The molecule has 4 nitrogen and oxygen atoms in total. The molecule has 0 spiro atoms. The molecule has 0 heterocycles. The van der Waals surface area contributed by atoms with E-state index in [1.807, 2.05) is 6.92 Å². The van der Waals surface area contributed by atoms with E-state index in [1.54, 1.807) is 0 Å². The van der Waals surface area contributed by atoms with E-state index in [1.165, 1.54) is 0 Å². The zero-order chi connectivity index (χ0) is 6.78. The first-order valence-corrected chi connectivity index (χ1v) is 5.80. The molecule has 1 radical (unpaired) electrons. The van der Waals surface area contributed by atoms with Crippen molar-refractivity contribution in [2.45, 2.75) is 11.7 Å². The number of rotatable bonds is 2. The molecule has 0 bridgehead atoms. The Labute approximate surface area is 62.3 Å². The first-order valence-electron chi connectivity index (χ1n) is 2.29. The summed E-state index contributed by atoms with van der Waals surface area (Å²) in [4.78, 5) is 16.6. The fourth-order valence-electron chi connectivity index (χ4n) is 0.406. The summed E-state index contributed by atoms with van der Waals surface area (Å²) in [6, 6.07) is 0. The molecule has 1 atom stereocenters. The van der Waals surface area contributed by atoms with Crippen molar-refractivity contribution in [3.05, 3.63) is 0 Å². The first kappa shape index (κ1) is 12.3. The Morgan fingerprint density at radius 3 is 2.00 bits per heavy atom. The standard InChI is InChI=1S/C3H10GeO3P.H2O/c1-3(4)2-8(5,6)7;/h3H,2,4H2,1H3,(H2,5,6,7);1H2. The summed E-state index contributed by atoms with van der Waals surface area (Å²) in [5.41, 5.74) is 0. The fourth-order valence-corrected chi connectivity index (χ4v) is 3.34. The van der Waals surface area contributed by atoms with E-state index in [-0.39, 0.29) is 16.4 Å². The molecule has 9 heavy (non-hydrogen) atoms. The number of hydrogen-bond donors (Lipinski definition) is 2. The minimum Gasteiger partial charge on any atom is -0.412 e. The van der Waals surface area contributed by atoms with Gasteiger partial charge in [-0.25, -0.2) is 0 Å². The maximum absolute atomic E-state index is 10.2. The van der Waals surface area contributed by atoms with Crippen molar-refractivity contribution in [3.8, 4) is 0 Å². The molecule has 0 rings (SSSR count). The molecule has 1 unspecified atom stereocenters. The van der Waals surface area contributed by atoms with Crippen LogP contribution in [0.3, 0.4) is 0 Å². The largest absolute Gasteiger partial charge is 0.412 e. The van der Waals surface area contributed by atoms with Crippen LogP contribution in [-0.4, -0.2) is 37.9 Å². The molecule has 0 aromatic carbocycles. The molecular weight excluding hydrogens is 204 g/mol. The predicted octanol–water partition coefficient (Wildman–Crippen LogP) is -1.22. The second-order valence-electron chi connectivity index (χ2n) is 1.95. The molecular formula is C3H12GeO4P. The van der Waals surface area contributed by atoms with Gasteiger partial charge in [-0.1, -0.05) is 0 Å². The average molecular weight is 216 g/mol. The van der Waals surface area contributed by atoms with Gasteiger partial charge in [-0.2, -0.15) is 0 Å². The fraction of sp³-hybridized carbons (Fsp3) is 1.00. The Morgan fingerprint density at radius 1 is 1.67 bits per heavy atom. The topological polar surface area (TPSA) is 89.0 Å². The summed E-state index contributed by atoms with van der Waals surface area (Å²) >= 11 is 0.950. The van der Waals surface area contributed by atoms with Crippen molar-refractivity contribution in [1.82, 2.24) is 0 Å². The summed E-state index contributed by atoms with van der Waals surface area (Å²) < 4.78 is 10.4. The SMILES string of the molecule is C[CH]([GeH2])CP(=O)(O)O.O. The molecule has 0 aromatic rings. The van der Waals surface area contributed by atoms with Crippen LogP contribution in [0.1, 0.15) is 6.92 Å². The average Bonchev–Trinajstić information content (AvgIpc) is 1.21. The maximum Gasteiger partial charge on any atom is -0.412 e. The monoisotopic (exact) mass is 217 g/mol. The van der Waals surface area contributed by atoms with E-state index in [0.29, 0.717) is 0 Å². The van der Waals surface area contributed by atoms with Crippen LogP contribution in [0, 0.1) is 0 Å². The summed E-state index contributed by atoms with van der Waals surface area (Å²) in [5, 5.41) is 0. The van der Waals surface area contributed by atoms with Gasteiger partial charge in [0.25, 0.3) is 0 Å². The van der Waals surface area contributed by atoms with E-state index in [9.17, 15) is 4.57 Å². The van der Waals surface area contributed by atoms with Crippen LogP contribution < -0.4 is 0 Å². The van der Waals surface area contributed by atoms with Gasteiger partial charge in [0.2, 0.25) is 0 Å². The van der Waals surface area contributed by atoms with E-state index in [2.05, 4.69) is 0 Å². The van der Waals surface area contributed by atoms with Gasteiger partial charge < -0.3 is 5.48 Å². The van der Waals surface area contributed by atoms with Crippen LogP contribution in [0.15, 0.2) is 0 Å². The summed E-state index contributed by atoms with van der Waals surface area (Å²) in [7, 11) is -3.69. The number of hydrogen-bond acceptors (Lipinski definition) is 1. The van der Waals surface area contributed by atoms with Crippen molar-refractivity contribution in [3.63, 3.8) is 0 Å². The Bertz CT molecular complexity index is 108.